The molecule has 2 bridgehead atoms. The minimum atomic E-state index is 0.112. The first kappa shape index (κ1) is 9.10. The molecule has 5 heteroatoms. The quantitative estimate of drug-likeness (QED) is 0.676. The van der Waals surface area contributed by atoms with Crippen LogP contribution in [0.3, 0.4) is 0 Å². The van der Waals surface area contributed by atoms with Gasteiger partial charge in [-0.3, -0.25) is 0 Å². The third-order valence-corrected chi connectivity index (χ3v) is 4.65. The highest BCUT2D eigenvalue weighted by molar-refractivity contribution is 6.01. The van der Waals surface area contributed by atoms with Gasteiger partial charge < -0.3 is 15.3 Å². The van der Waals surface area contributed by atoms with E-state index in [0.29, 0.717) is 0 Å². The summed E-state index contributed by atoms with van der Waals surface area (Å²) in [6.45, 7) is 0. The largest absolute Gasteiger partial charge is 0.346 e. The first-order valence-corrected chi connectivity index (χ1v) is 6.28. The molecular formula is C13H13N5. The van der Waals surface area contributed by atoms with E-state index < -0.39 is 0 Å². The molecule has 6 rings (SSSR count). The number of nitrogens with two attached hydrogens (primary N) is 1. The number of fused-ring (bicyclic) bond motifs is 3. The first-order valence-electron chi connectivity index (χ1n) is 6.28. The van der Waals surface area contributed by atoms with E-state index in [1.165, 1.54) is 5.52 Å². The lowest BCUT2D eigenvalue weighted by molar-refractivity contribution is -0.111. The Morgan fingerprint density at radius 3 is 2.89 bits per heavy atom. The highest BCUT2D eigenvalue weighted by Crippen LogP contribution is 2.64. The van der Waals surface area contributed by atoms with Crippen molar-refractivity contribution >= 4 is 22.1 Å². The molecule has 0 saturated heterocycles. The summed E-state index contributed by atoms with van der Waals surface area (Å²) in [5.74, 6) is 0. The second kappa shape index (κ2) is 2.44. The molecule has 0 unspecified atom stereocenters. The van der Waals surface area contributed by atoms with Crippen LogP contribution in [-0.4, -0.2) is 25.1 Å². The topological polar surface area (TPSA) is 72.5 Å². The molecule has 18 heavy (non-hydrogen) atoms. The number of rotatable bonds is 1. The van der Waals surface area contributed by atoms with E-state index in [1.807, 2.05) is 18.7 Å². The Balaban J connectivity index is 1.85. The van der Waals surface area contributed by atoms with Gasteiger partial charge in [0.1, 0.15) is 11.2 Å². The molecule has 3 aliphatic carbocycles. The van der Waals surface area contributed by atoms with Gasteiger partial charge in [-0.2, -0.15) is 0 Å². The lowest BCUT2D eigenvalue weighted by Crippen LogP contribution is -2.76. The first-order chi connectivity index (χ1) is 8.69. The fourth-order valence-electron chi connectivity index (χ4n) is 3.93. The van der Waals surface area contributed by atoms with Gasteiger partial charge in [0.2, 0.25) is 0 Å². The highest BCUT2D eigenvalue weighted by Gasteiger charge is 2.67. The van der Waals surface area contributed by atoms with Gasteiger partial charge in [0.15, 0.2) is 0 Å². The SMILES string of the molecule is NC12CC(n3cnc4cnc5[nH]ccc5c43)(C1)C2. The molecule has 0 amide bonds. The van der Waals surface area contributed by atoms with Gasteiger partial charge in [-0.15, -0.1) is 0 Å². The predicted octanol–water partition coefficient (Wildman–Crippen LogP) is 1.50. The van der Waals surface area contributed by atoms with Crippen LogP contribution >= 0.6 is 0 Å². The van der Waals surface area contributed by atoms with Crippen molar-refractivity contribution in [1.82, 2.24) is 19.5 Å². The Morgan fingerprint density at radius 2 is 2.11 bits per heavy atom. The fourth-order valence-corrected chi connectivity index (χ4v) is 3.93. The summed E-state index contributed by atoms with van der Waals surface area (Å²) in [6, 6.07) is 2.08. The summed E-state index contributed by atoms with van der Waals surface area (Å²) in [6.07, 6.45) is 8.98. The Hall–Kier alpha value is -1.88. The zero-order valence-corrected chi connectivity index (χ0v) is 9.85. The van der Waals surface area contributed by atoms with Crippen molar-refractivity contribution in [3.05, 3.63) is 24.8 Å². The van der Waals surface area contributed by atoms with Crippen molar-refractivity contribution in [3.8, 4) is 0 Å². The lowest BCUT2D eigenvalue weighted by Gasteiger charge is -2.69. The second-order valence-electron chi connectivity index (χ2n) is 5.96. The van der Waals surface area contributed by atoms with Crippen LogP contribution in [0, 0.1) is 0 Å². The molecule has 5 nitrogen and oxygen atoms in total. The molecule has 0 aliphatic heterocycles. The average molecular weight is 239 g/mol. The predicted molar refractivity (Wildman–Crippen MR) is 68.1 cm³/mol. The van der Waals surface area contributed by atoms with Gasteiger partial charge in [0.25, 0.3) is 0 Å². The zero-order chi connectivity index (χ0) is 12.0. The Bertz CT molecular complexity index is 776. The van der Waals surface area contributed by atoms with Crippen LogP contribution in [0.15, 0.2) is 24.8 Å². The van der Waals surface area contributed by atoms with Crippen molar-refractivity contribution in [2.75, 3.05) is 0 Å². The van der Waals surface area contributed by atoms with Crippen molar-refractivity contribution in [1.29, 1.82) is 0 Å². The summed E-state index contributed by atoms with van der Waals surface area (Å²) in [4.78, 5) is 12.0. The van der Waals surface area contributed by atoms with Crippen molar-refractivity contribution in [2.45, 2.75) is 30.3 Å². The monoisotopic (exact) mass is 239 g/mol. The number of aromatic nitrogens is 4. The summed E-state index contributed by atoms with van der Waals surface area (Å²) in [5, 5.41) is 1.15. The minimum absolute atomic E-state index is 0.112. The van der Waals surface area contributed by atoms with E-state index in [2.05, 4.69) is 25.6 Å². The second-order valence-corrected chi connectivity index (χ2v) is 5.96. The van der Waals surface area contributed by atoms with E-state index in [0.717, 1.165) is 35.8 Å². The Kier molecular flexibility index (Phi) is 1.24. The van der Waals surface area contributed by atoms with Gasteiger partial charge in [-0.05, 0) is 25.3 Å². The van der Waals surface area contributed by atoms with E-state index in [-0.39, 0.29) is 11.1 Å². The summed E-state index contributed by atoms with van der Waals surface area (Å²) in [7, 11) is 0. The minimum Gasteiger partial charge on any atom is -0.346 e. The van der Waals surface area contributed by atoms with E-state index in [4.69, 9.17) is 5.73 Å². The molecule has 3 aromatic rings. The third kappa shape index (κ3) is 0.830. The number of hydrogen-bond acceptors (Lipinski definition) is 3. The molecule has 3 aliphatic rings. The molecule has 0 spiro atoms. The Morgan fingerprint density at radius 1 is 1.28 bits per heavy atom. The molecule has 3 aromatic heterocycles. The summed E-state index contributed by atoms with van der Waals surface area (Å²) < 4.78 is 2.33. The molecular weight excluding hydrogens is 226 g/mol. The normalized spacial score (nSPS) is 33.6. The van der Waals surface area contributed by atoms with Crippen LogP contribution in [0.25, 0.3) is 22.1 Å². The maximum absolute atomic E-state index is 6.16. The molecule has 3 heterocycles. The third-order valence-electron chi connectivity index (χ3n) is 4.65. The molecule has 0 atom stereocenters. The molecule has 3 saturated carbocycles. The van der Waals surface area contributed by atoms with Crippen molar-refractivity contribution < 1.29 is 0 Å². The van der Waals surface area contributed by atoms with E-state index in [1.54, 1.807) is 0 Å². The van der Waals surface area contributed by atoms with Gasteiger partial charge in [-0.25, -0.2) is 9.97 Å². The number of H-pyrrole nitrogens is 1. The molecule has 0 aromatic carbocycles. The molecule has 3 N–H and O–H groups in total. The zero-order valence-electron chi connectivity index (χ0n) is 9.85. The number of nitrogens with zero attached hydrogens (tertiary/aromatic N) is 3. The van der Waals surface area contributed by atoms with Crippen LogP contribution in [0.5, 0.6) is 0 Å². The van der Waals surface area contributed by atoms with Crippen LogP contribution < -0.4 is 5.73 Å². The average Bonchev–Trinajstić information content (AvgIpc) is 2.88. The maximum Gasteiger partial charge on any atom is 0.139 e. The van der Waals surface area contributed by atoms with Gasteiger partial charge in [0.05, 0.1) is 23.6 Å². The van der Waals surface area contributed by atoms with Gasteiger partial charge >= 0.3 is 0 Å². The number of hydrogen-bond donors (Lipinski definition) is 2. The molecule has 90 valence electrons. The Labute approximate surface area is 103 Å². The van der Waals surface area contributed by atoms with Crippen LogP contribution in [0.1, 0.15) is 19.3 Å². The fraction of sp³-hybridized carbons (Fsp3) is 0.385. The number of aromatic amines is 1. The maximum atomic E-state index is 6.16. The smallest absolute Gasteiger partial charge is 0.139 e. The molecule has 0 radical (unpaired) electrons. The van der Waals surface area contributed by atoms with E-state index >= 15 is 0 Å². The number of imidazole rings is 1. The van der Waals surface area contributed by atoms with Crippen LogP contribution in [0.4, 0.5) is 0 Å². The lowest BCUT2D eigenvalue weighted by atomic mass is 9.44. The van der Waals surface area contributed by atoms with Crippen molar-refractivity contribution in [3.63, 3.8) is 0 Å². The number of nitrogens with one attached hydrogen (secondary N) is 1. The van der Waals surface area contributed by atoms with Crippen LogP contribution in [0.2, 0.25) is 0 Å². The highest BCUT2D eigenvalue weighted by atomic mass is 15.2. The van der Waals surface area contributed by atoms with E-state index in [9.17, 15) is 0 Å². The summed E-state index contributed by atoms with van der Waals surface area (Å²) >= 11 is 0. The summed E-state index contributed by atoms with van der Waals surface area (Å²) in [5.41, 5.74) is 9.60. The molecule has 3 fully saturated rings. The van der Waals surface area contributed by atoms with Crippen LogP contribution in [-0.2, 0) is 5.54 Å². The van der Waals surface area contributed by atoms with Gasteiger partial charge in [0, 0.05) is 17.1 Å². The van der Waals surface area contributed by atoms with Crippen molar-refractivity contribution in [2.24, 2.45) is 5.73 Å². The standard InChI is InChI=1S/C13H13N5/c14-12-4-13(5-12,6-12)18-7-17-9-3-16-11-8(10(9)18)1-2-15-11/h1-3,7H,4-6,14H2,(H,15,16). The van der Waals surface area contributed by atoms with Gasteiger partial charge in [-0.1, -0.05) is 0 Å². The number of pyridine rings is 1.